The molecule has 0 atom stereocenters. The van der Waals surface area contributed by atoms with Gasteiger partial charge in [0.15, 0.2) is 11.5 Å². The molecule has 2 rings (SSSR count). The van der Waals surface area contributed by atoms with Crippen molar-refractivity contribution in [3.8, 4) is 17.2 Å². The van der Waals surface area contributed by atoms with E-state index in [4.69, 9.17) is 14.2 Å². The summed E-state index contributed by atoms with van der Waals surface area (Å²) in [5.41, 5.74) is 1.56. The highest BCUT2D eigenvalue weighted by Crippen LogP contribution is 2.36. The average Bonchev–Trinajstić information content (AvgIpc) is 2.66. The van der Waals surface area contributed by atoms with Crippen molar-refractivity contribution in [3.05, 3.63) is 52.0 Å². The molecule has 0 fully saturated rings. The molecule has 0 aromatic heterocycles. The van der Waals surface area contributed by atoms with Crippen LogP contribution < -0.4 is 19.5 Å². The highest BCUT2D eigenvalue weighted by atomic mass is 79.9. The van der Waals surface area contributed by atoms with E-state index in [0.717, 1.165) is 17.7 Å². The number of para-hydroxylation sites is 1. The van der Waals surface area contributed by atoms with Crippen molar-refractivity contribution >= 4 is 21.8 Å². The summed E-state index contributed by atoms with van der Waals surface area (Å²) in [6, 6.07) is 11.2. The molecule has 0 aliphatic heterocycles. The third-order valence-corrected chi connectivity index (χ3v) is 4.40. The molecule has 5 nitrogen and oxygen atoms in total. The van der Waals surface area contributed by atoms with Gasteiger partial charge in [-0.05, 0) is 52.5 Å². The summed E-state index contributed by atoms with van der Waals surface area (Å²) in [6.45, 7) is 3.12. The Hall–Kier alpha value is -2.21. The van der Waals surface area contributed by atoms with E-state index in [0.29, 0.717) is 41.1 Å². The molecule has 1 N–H and O–H groups in total. The SMILES string of the molecule is CCCOc1c(Br)cc(C(=O)NCCc2ccccc2OC)cc1OC. The van der Waals surface area contributed by atoms with Gasteiger partial charge in [0.05, 0.1) is 25.3 Å². The molecule has 0 bridgehead atoms. The molecule has 2 aromatic carbocycles. The largest absolute Gasteiger partial charge is 0.496 e. The maximum Gasteiger partial charge on any atom is 0.251 e. The molecule has 2 aromatic rings. The fourth-order valence-corrected chi connectivity index (χ4v) is 3.07. The first-order valence-electron chi connectivity index (χ1n) is 8.51. The van der Waals surface area contributed by atoms with Crippen LogP contribution in [0.25, 0.3) is 0 Å². The molecule has 140 valence electrons. The Morgan fingerprint density at radius 3 is 2.54 bits per heavy atom. The number of carbonyl (C=O) groups excluding carboxylic acids is 1. The Labute approximate surface area is 162 Å². The molecule has 26 heavy (non-hydrogen) atoms. The molecule has 0 radical (unpaired) electrons. The zero-order chi connectivity index (χ0) is 18.9. The van der Waals surface area contributed by atoms with Crippen molar-refractivity contribution in [2.75, 3.05) is 27.4 Å². The number of carbonyl (C=O) groups is 1. The maximum absolute atomic E-state index is 12.5. The predicted octanol–water partition coefficient (Wildman–Crippen LogP) is 4.23. The van der Waals surface area contributed by atoms with Crippen LogP contribution in [0.5, 0.6) is 17.2 Å². The minimum Gasteiger partial charge on any atom is -0.496 e. The predicted molar refractivity (Wildman–Crippen MR) is 106 cm³/mol. The standard InChI is InChI=1S/C20H24BrNO4/c1-4-11-26-19-16(21)12-15(13-18(19)25-3)20(23)22-10-9-14-7-5-6-8-17(14)24-2/h5-8,12-13H,4,9-11H2,1-3H3,(H,22,23). The molecular weight excluding hydrogens is 398 g/mol. The normalized spacial score (nSPS) is 10.3. The van der Waals surface area contributed by atoms with Crippen LogP contribution in [0.3, 0.4) is 0 Å². The van der Waals surface area contributed by atoms with Crippen LogP contribution in [0.15, 0.2) is 40.9 Å². The van der Waals surface area contributed by atoms with Crippen molar-refractivity contribution in [2.45, 2.75) is 19.8 Å². The van der Waals surface area contributed by atoms with Crippen molar-refractivity contribution in [2.24, 2.45) is 0 Å². The Morgan fingerprint density at radius 2 is 1.85 bits per heavy atom. The summed E-state index contributed by atoms with van der Waals surface area (Å²) in [6.07, 6.45) is 1.58. The average molecular weight is 422 g/mol. The summed E-state index contributed by atoms with van der Waals surface area (Å²) >= 11 is 3.46. The topological polar surface area (TPSA) is 56.8 Å². The Kier molecular flexibility index (Phi) is 7.78. The van der Waals surface area contributed by atoms with Crippen molar-refractivity contribution in [3.63, 3.8) is 0 Å². The van der Waals surface area contributed by atoms with Crippen LogP contribution in [0, 0.1) is 0 Å². The van der Waals surface area contributed by atoms with Crippen LogP contribution in [-0.4, -0.2) is 33.3 Å². The second-order valence-electron chi connectivity index (χ2n) is 5.66. The molecule has 0 heterocycles. The summed E-state index contributed by atoms with van der Waals surface area (Å²) in [5, 5.41) is 2.93. The minimum absolute atomic E-state index is 0.166. The van der Waals surface area contributed by atoms with Gasteiger partial charge in [-0.25, -0.2) is 0 Å². The van der Waals surface area contributed by atoms with E-state index in [2.05, 4.69) is 21.2 Å². The lowest BCUT2D eigenvalue weighted by Gasteiger charge is -2.14. The Bertz CT molecular complexity index is 749. The second kappa shape index (κ2) is 10.1. The third kappa shape index (κ3) is 5.14. The molecule has 6 heteroatoms. The fourth-order valence-electron chi connectivity index (χ4n) is 2.52. The van der Waals surface area contributed by atoms with Crippen LogP contribution in [0.4, 0.5) is 0 Å². The van der Waals surface area contributed by atoms with E-state index in [1.807, 2.05) is 31.2 Å². The van der Waals surface area contributed by atoms with Gasteiger partial charge in [0.25, 0.3) is 5.91 Å². The Balaban J connectivity index is 2.04. The van der Waals surface area contributed by atoms with Gasteiger partial charge in [-0.3, -0.25) is 4.79 Å². The van der Waals surface area contributed by atoms with Gasteiger partial charge in [0, 0.05) is 12.1 Å². The number of methoxy groups -OCH3 is 2. The number of amides is 1. The maximum atomic E-state index is 12.5. The lowest BCUT2D eigenvalue weighted by molar-refractivity contribution is 0.0953. The van der Waals surface area contributed by atoms with Crippen LogP contribution in [0.2, 0.25) is 0 Å². The van der Waals surface area contributed by atoms with Gasteiger partial charge >= 0.3 is 0 Å². The van der Waals surface area contributed by atoms with Crippen LogP contribution in [0.1, 0.15) is 29.3 Å². The lowest BCUT2D eigenvalue weighted by atomic mass is 10.1. The highest BCUT2D eigenvalue weighted by molar-refractivity contribution is 9.10. The van der Waals surface area contributed by atoms with Gasteiger partial charge in [-0.2, -0.15) is 0 Å². The number of halogens is 1. The van der Waals surface area contributed by atoms with Crippen molar-refractivity contribution < 1.29 is 19.0 Å². The first-order chi connectivity index (χ1) is 12.6. The number of hydrogen-bond donors (Lipinski definition) is 1. The van der Waals surface area contributed by atoms with E-state index >= 15 is 0 Å². The van der Waals surface area contributed by atoms with Gasteiger partial charge in [-0.1, -0.05) is 25.1 Å². The first kappa shape index (κ1) is 20.1. The summed E-state index contributed by atoms with van der Waals surface area (Å²) < 4.78 is 17.1. The van der Waals surface area contributed by atoms with Gasteiger partial charge in [0.1, 0.15) is 5.75 Å². The lowest BCUT2D eigenvalue weighted by Crippen LogP contribution is -2.25. The molecule has 0 unspecified atom stereocenters. The molecule has 1 amide bonds. The minimum atomic E-state index is -0.166. The fraction of sp³-hybridized carbons (Fsp3) is 0.350. The number of hydrogen-bond acceptors (Lipinski definition) is 4. The van der Waals surface area contributed by atoms with Crippen molar-refractivity contribution in [1.29, 1.82) is 0 Å². The number of ether oxygens (including phenoxy) is 3. The summed E-state index contributed by atoms with van der Waals surface area (Å²) in [5.74, 6) is 1.80. The van der Waals surface area contributed by atoms with Gasteiger partial charge in [-0.15, -0.1) is 0 Å². The summed E-state index contributed by atoms with van der Waals surface area (Å²) in [7, 11) is 3.20. The zero-order valence-corrected chi connectivity index (χ0v) is 16.9. The number of rotatable bonds is 9. The first-order valence-corrected chi connectivity index (χ1v) is 9.30. The van der Waals surface area contributed by atoms with Crippen LogP contribution in [-0.2, 0) is 6.42 Å². The van der Waals surface area contributed by atoms with E-state index < -0.39 is 0 Å². The molecule has 0 aliphatic rings. The van der Waals surface area contributed by atoms with E-state index in [9.17, 15) is 4.79 Å². The quantitative estimate of drug-likeness (QED) is 0.657. The molecule has 0 aliphatic carbocycles. The van der Waals surface area contributed by atoms with E-state index in [1.165, 1.54) is 0 Å². The van der Waals surface area contributed by atoms with E-state index in [-0.39, 0.29) is 5.91 Å². The van der Waals surface area contributed by atoms with Crippen LogP contribution >= 0.6 is 15.9 Å². The van der Waals surface area contributed by atoms with Gasteiger partial charge in [0.2, 0.25) is 0 Å². The number of nitrogens with one attached hydrogen (secondary N) is 1. The Morgan fingerprint density at radius 1 is 1.12 bits per heavy atom. The number of benzene rings is 2. The monoisotopic (exact) mass is 421 g/mol. The smallest absolute Gasteiger partial charge is 0.251 e. The van der Waals surface area contributed by atoms with Gasteiger partial charge < -0.3 is 19.5 Å². The van der Waals surface area contributed by atoms with E-state index in [1.54, 1.807) is 26.4 Å². The second-order valence-corrected chi connectivity index (χ2v) is 6.51. The van der Waals surface area contributed by atoms with Crippen molar-refractivity contribution in [1.82, 2.24) is 5.32 Å². The molecule has 0 saturated heterocycles. The molecular formula is C20H24BrNO4. The molecule has 0 saturated carbocycles. The summed E-state index contributed by atoms with van der Waals surface area (Å²) in [4.78, 5) is 12.5. The highest BCUT2D eigenvalue weighted by Gasteiger charge is 2.15. The zero-order valence-electron chi connectivity index (χ0n) is 15.3. The molecule has 0 spiro atoms. The third-order valence-electron chi connectivity index (χ3n) is 3.81.